The Labute approximate surface area is 48.4 Å². The van der Waals surface area contributed by atoms with Gasteiger partial charge < -0.3 is 4.74 Å². The quantitative estimate of drug-likeness (QED) is 0.431. The van der Waals surface area contributed by atoms with Crippen LogP contribution in [0.4, 0.5) is 0 Å². The molecule has 1 heterocycles. The van der Waals surface area contributed by atoms with Crippen LogP contribution in [0.1, 0.15) is 0 Å². The molecule has 2 nitrogen and oxygen atoms in total. The lowest BCUT2D eigenvalue weighted by Crippen LogP contribution is -2.03. The molecule has 0 fully saturated rings. The van der Waals surface area contributed by atoms with Gasteiger partial charge in [0, 0.05) is 0 Å². The summed E-state index contributed by atoms with van der Waals surface area (Å²) in [4.78, 5) is 0. The van der Waals surface area contributed by atoms with Crippen molar-refractivity contribution in [1.82, 2.24) is 0 Å². The van der Waals surface area contributed by atoms with Crippen LogP contribution >= 0.6 is 0 Å². The lowest BCUT2D eigenvalue weighted by atomic mass is 10.1. The minimum absolute atomic E-state index is 0.135. The Morgan fingerprint density at radius 3 is 3.00 bits per heavy atom. The molecule has 0 amide bonds. The molecular weight excluding hydrogens is 102 g/mol. The van der Waals surface area contributed by atoms with E-state index >= 15 is 0 Å². The van der Waals surface area contributed by atoms with Crippen molar-refractivity contribution in [2.24, 2.45) is 5.92 Å². The van der Waals surface area contributed by atoms with Crippen molar-refractivity contribution in [3.63, 3.8) is 0 Å². The molecule has 0 aromatic heterocycles. The Kier molecular flexibility index (Phi) is 1.66. The fourth-order valence-electron chi connectivity index (χ4n) is 0.536. The van der Waals surface area contributed by atoms with Crippen molar-refractivity contribution < 1.29 is 4.74 Å². The van der Waals surface area contributed by atoms with E-state index < -0.39 is 0 Å². The van der Waals surface area contributed by atoms with Gasteiger partial charge in [-0.2, -0.15) is 5.26 Å². The van der Waals surface area contributed by atoms with E-state index in [1.54, 1.807) is 6.61 Å². The van der Waals surface area contributed by atoms with Crippen LogP contribution in [-0.2, 0) is 4.74 Å². The number of ether oxygens (including phenoxy) is 1. The zero-order valence-electron chi connectivity index (χ0n) is 4.37. The van der Waals surface area contributed by atoms with E-state index in [0.717, 1.165) is 0 Å². The number of hydrogen-bond acceptors (Lipinski definition) is 2. The first-order valence-electron chi connectivity index (χ1n) is 2.44. The molecule has 0 N–H and O–H groups in total. The van der Waals surface area contributed by atoms with Gasteiger partial charge in [-0.1, -0.05) is 12.2 Å². The Morgan fingerprint density at radius 2 is 2.62 bits per heavy atom. The first-order valence-corrected chi connectivity index (χ1v) is 2.44. The highest BCUT2D eigenvalue weighted by Gasteiger charge is 2.05. The van der Waals surface area contributed by atoms with E-state index in [2.05, 4.69) is 0 Å². The lowest BCUT2D eigenvalue weighted by Gasteiger charge is -2.06. The molecule has 1 unspecified atom stereocenters. The fourth-order valence-corrected chi connectivity index (χ4v) is 0.536. The molecule has 0 aromatic rings. The molecule has 1 aliphatic rings. The summed E-state index contributed by atoms with van der Waals surface area (Å²) in [5.41, 5.74) is 0. The molecule has 0 aliphatic carbocycles. The molecule has 0 bridgehead atoms. The molecule has 1 rings (SSSR count). The Hall–Kier alpha value is -0.810. The zero-order chi connectivity index (χ0) is 5.82. The maximum atomic E-state index is 8.28. The molecule has 41 valence electrons. The molecule has 0 saturated heterocycles. The highest BCUT2D eigenvalue weighted by Crippen LogP contribution is 2.07. The third-order valence-electron chi connectivity index (χ3n) is 0.928. The van der Waals surface area contributed by atoms with Crippen molar-refractivity contribution in [3.05, 3.63) is 18.8 Å². The van der Waals surface area contributed by atoms with Crippen molar-refractivity contribution >= 4 is 0 Å². The van der Waals surface area contributed by atoms with Crippen molar-refractivity contribution in [2.75, 3.05) is 6.61 Å². The maximum absolute atomic E-state index is 8.28. The van der Waals surface area contributed by atoms with Crippen molar-refractivity contribution in [2.45, 2.75) is 0 Å². The van der Waals surface area contributed by atoms with Crippen molar-refractivity contribution in [3.8, 4) is 6.07 Å². The van der Waals surface area contributed by atoms with Crippen molar-refractivity contribution in [1.29, 1.82) is 5.26 Å². The summed E-state index contributed by atoms with van der Waals surface area (Å²) in [6.07, 6.45) is 3.66. The maximum Gasteiger partial charge on any atom is 0.105 e. The van der Waals surface area contributed by atoms with Crippen LogP contribution in [0.5, 0.6) is 0 Å². The van der Waals surface area contributed by atoms with Gasteiger partial charge in [-0.3, -0.25) is 0 Å². The van der Waals surface area contributed by atoms with Crippen LogP contribution in [-0.4, -0.2) is 6.61 Å². The number of nitrogens with zero attached hydrogens (tertiary/aromatic N) is 1. The molecule has 0 spiro atoms. The predicted octanol–water partition coefficient (Wildman–Crippen LogP) is 0.874. The highest BCUT2D eigenvalue weighted by molar-refractivity contribution is 5.06. The number of rotatable bonds is 0. The zero-order valence-corrected chi connectivity index (χ0v) is 4.37. The van der Waals surface area contributed by atoms with Gasteiger partial charge in [-0.05, 0) is 0 Å². The van der Waals surface area contributed by atoms with Gasteiger partial charge in [0.05, 0.1) is 18.6 Å². The minimum atomic E-state index is -0.135. The van der Waals surface area contributed by atoms with Gasteiger partial charge in [0.1, 0.15) is 6.61 Å². The van der Waals surface area contributed by atoms with Crippen LogP contribution in [0.15, 0.2) is 12.2 Å². The highest BCUT2D eigenvalue weighted by atomic mass is 16.5. The predicted molar refractivity (Wildman–Crippen MR) is 28.5 cm³/mol. The molecule has 1 aliphatic heterocycles. The van der Waals surface area contributed by atoms with Gasteiger partial charge >= 0.3 is 0 Å². The van der Waals surface area contributed by atoms with Gasteiger partial charge in [0.15, 0.2) is 0 Å². The summed E-state index contributed by atoms with van der Waals surface area (Å²) in [6, 6.07) is 2.04. The number of hydrogen-bond donors (Lipinski definition) is 0. The molecule has 1 radical (unpaired) electrons. The monoisotopic (exact) mass is 108 g/mol. The van der Waals surface area contributed by atoms with Crippen LogP contribution in [0.3, 0.4) is 0 Å². The third-order valence-corrected chi connectivity index (χ3v) is 0.928. The van der Waals surface area contributed by atoms with Crippen LogP contribution in [0.25, 0.3) is 0 Å². The summed E-state index contributed by atoms with van der Waals surface area (Å²) < 4.78 is 4.84. The fraction of sp³-hybridized carbons (Fsp3) is 0.333. The summed E-state index contributed by atoms with van der Waals surface area (Å²) in [7, 11) is 0. The average molecular weight is 108 g/mol. The Morgan fingerprint density at radius 1 is 1.75 bits per heavy atom. The standard InChI is InChI=1S/C6H6NO/c7-4-6-2-1-3-8-5-6/h1-2,5-6H,3H2. The summed E-state index contributed by atoms with van der Waals surface area (Å²) in [5, 5.41) is 8.28. The van der Waals surface area contributed by atoms with Gasteiger partial charge in [0.2, 0.25) is 0 Å². The second-order valence-electron chi connectivity index (χ2n) is 1.55. The van der Waals surface area contributed by atoms with E-state index in [1.807, 2.05) is 18.2 Å². The summed E-state index contributed by atoms with van der Waals surface area (Å²) in [6.45, 7) is 2.15. The van der Waals surface area contributed by atoms with Crippen LogP contribution in [0, 0.1) is 23.9 Å². The normalized spacial score (nSPS) is 27.1. The van der Waals surface area contributed by atoms with E-state index in [1.165, 1.54) is 0 Å². The smallest absolute Gasteiger partial charge is 0.105 e. The topological polar surface area (TPSA) is 33.0 Å². The largest absolute Gasteiger partial charge is 0.370 e. The molecular formula is C6H6NO. The molecule has 0 aromatic carbocycles. The van der Waals surface area contributed by atoms with E-state index in [0.29, 0.717) is 6.61 Å². The second kappa shape index (κ2) is 2.49. The first kappa shape index (κ1) is 5.33. The SMILES string of the molecule is N#CC1[CH]OCC=C1. The van der Waals surface area contributed by atoms with Gasteiger partial charge in [0.25, 0.3) is 0 Å². The van der Waals surface area contributed by atoms with Gasteiger partial charge in [-0.15, -0.1) is 0 Å². The van der Waals surface area contributed by atoms with Gasteiger partial charge in [-0.25, -0.2) is 0 Å². The van der Waals surface area contributed by atoms with E-state index in [9.17, 15) is 0 Å². The lowest BCUT2D eigenvalue weighted by molar-refractivity contribution is 0.207. The van der Waals surface area contributed by atoms with E-state index in [-0.39, 0.29) is 5.92 Å². The van der Waals surface area contributed by atoms with Crippen LogP contribution < -0.4 is 0 Å². The molecule has 1 atom stereocenters. The Balaban J connectivity index is 2.46. The average Bonchev–Trinajstić information content (AvgIpc) is 1.90. The molecule has 2 heteroatoms. The molecule has 0 saturated carbocycles. The third kappa shape index (κ3) is 1.08. The summed E-state index contributed by atoms with van der Waals surface area (Å²) in [5.74, 6) is -0.135. The number of nitriles is 1. The van der Waals surface area contributed by atoms with Crippen LogP contribution in [0.2, 0.25) is 0 Å². The minimum Gasteiger partial charge on any atom is -0.370 e. The Bertz CT molecular complexity index is 134. The molecule has 8 heavy (non-hydrogen) atoms. The van der Waals surface area contributed by atoms with E-state index in [4.69, 9.17) is 10.00 Å². The summed E-state index contributed by atoms with van der Waals surface area (Å²) >= 11 is 0. The second-order valence-corrected chi connectivity index (χ2v) is 1.55. The first-order chi connectivity index (χ1) is 3.93.